The zero-order valence-corrected chi connectivity index (χ0v) is 16.8. The predicted molar refractivity (Wildman–Crippen MR) is 109 cm³/mol. The molecule has 0 fully saturated rings. The second kappa shape index (κ2) is 7.76. The molecule has 2 amide bonds. The SMILES string of the molecule is Cc1ccc(-c2nnc(SCC(=O)Nc3sc4c(c3C(N)=O)CCC4)o2)cc1. The van der Waals surface area contributed by atoms with Crippen molar-refractivity contribution in [3.05, 3.63) is 45.8 Å². The van der Waals surface area contributed by atoms with Gasteiger partial charge < -0.3 is 15.5 Å². The highest BCUT2D eigenvalue weighted by Gasteiger charge is 2.26. The average molecular weight is 415 g/mol. The summed E-state index contributed by atoms with van der Waals surface area (Å²) in [5.74, 6) is -0.242. The van der Waals surface area contributed by atoms with Crippen molar-refractivity contribution in [3.63, 3.8) is 0 Å². The van der Waals surface area contributed by atoms with E-state index in [-0.39, 0.29) is 11.7 Å². The molecule has 0 spiro atoms. The minimum Gasteiger partial charge on any atom is -0.411 e. The van der Waals surface area contributed by atoms with Gasteiger partial charge in [-0.15, -0.1) is 21.5 Å². The molecule has 4 rings (SSSR count). The number of thioether (sulfide) groups is 1. The second-order valence-corrected chi connectivity index (χ2v) is 8.53. The zero-order chi connectivity index (χ0) is 19.7. The zero-order valence-electron chi connectivity index (χ0n) is 15.2. The lowest BCUT2D eigenvalue weighted by molar-refractivity contribution is -0.113. The third-order valence-electron chi connectivity index (χ3n) is 4.45. The third kappa shape index (κ3) is 3.81. The molecular formula is C19H18N4O3S2. The van der Waals surface area contributed by atoms with E-state index in [0.29, 0.717) is 21.7 Å². The maximum absolute atomic E-state index is 12.3. The number of fused-ring (bicyclic) bond motifs is 1. The molecule has 1 aliphatic rings. The Bertz CT molecular complexity index is 1040. The summed E-state index contributed by atoms with van der Waals surface area (Å²) in [7, 11) is 0. The Labute approximate surface area is 169 Å². The number of thiophene rings is 1. The summed E-state index contributed by atoms with van der Waals surface area (Å²) < 4.78 is 5.61. The van der Waals surface area contributed by atoms with E-state index in [2.05, 4.69) is 15.5 Å². The quantitative estimate of drug-likeness (QED) is 0.598. The van der Waals surface area contributed by atoms with Gasteiger partial charge in [-0.05, 0) is 43.9 Å². The van der Waals surface area contributed by atoms with Crippen LogP contribution in [0.3, 0.4) is 0 Å². The van der Waals surface area contributed by atoms with Crippen LogP contribution in [0.2, 0.25) is 0 Å². The Balaban J connectivity index is 1.39. The van der Waals surface area contributed by atoms with Crippen molar-refractivity contribution in [2.24, 2.45) is 5.73 Å². The van der Waals surface area contributed by atoms with E-state index in [1.807, 2.05) is 31.2 Å². The molecule has 0 unspecified atom stereocenters. The summed E-state index contributed by atoms with van der Waals surface area (Å²) in [6.45, 7) is 2.00. The molecule has 3 N–H and O–H groups in total. The van der Waals surface area contributed by atoms with Crippen molar-refractivity contribution in [2.75, 3.05) is 11.1 Å². The van der Waals surface area contributed by atoms with Gasteiger partial charge in [0.1, 0.15) is 5.00 Å². The fraction of sp³-hybridized carbons (Fsp3) is 0.263. The molecule has 7 nitrogen and oxygen atoms in total. The number of amides is 2. The van der Waals surface area contributed by atoms with E-state index in [9.17, 15) is 9.59 Å². The van der Waals surface area contributed by atoms with E-state index in [0.717, 1.165) is 52.6 Å². The number of carbonyl (C=O) groups excluding carboxylic acids is 2. The smallest absolute Gasteiger partial charge is 0.277 e. The predicted octanol–water partition coefficient (Wildman–Crippen LogP) is 3.42. The molecule has 28 heavy (non-hydrogen) atoms. The molecule has 2 heterocycles. The lowest BCUT2D eigenvalue weighted by atomic mass is 10.1. The van der Waals surface area contributed by atoms with Crippen LogP contribution >= 0.6 is 23.1 Å². The van der Waals surface area contributed by atoms with E-state index < -0.39 is 5.91 Å². The van der Waals surface area contributed by atoms with Crippen LogP contribution in [0.4, 0.5) is 5.00 Å². The number of rotatable bonds is 6. The van der Waals surface area contributed by atoms with E-state index in [1.165, 1.54) is 11.3 Å². The number of benzene rings is 1. The van der Waals surface area contributed by atoms with Gasteiger partial charge in [-0.2, -0.15) is 0 Å². The number of aromatic nitrogens is 2. The first-order valence-corrected chi connectivity index (χ1v) is 10.6. The summed E-state index contributed by atoms with van der Waals surface area (Å²) in [5.41, 5.74) is 8.93. The van der Waals surface area contributed by atoms with E-state index in [4.69, 9.17) is 10.2 Å². The molecular weight excluding hydrogens is 396 g/mol. The molecule has 3 aromatic rings. The molecule has 0 saturated carbocycles. The standard InChI is InChI=1S/C19H18N4O3S2/c1-10-5-7-11(8-6-10)17-22-23-19(26-17)27-9-14(24)21-18-15(16(20)25)12-3-2-4-13(12)28-18/h5-8H,2-4,9H2,1H3,(H2,20,25)(H,21,24). The Kier molecular flexibility index (Phi) is 5.19. The lowest BCUT2D eigenvalue weighted by Crippen LogP contribution is -2.18. The Morgan fingerprint density at radius 2 is 2.04 bits per heavy atom. The highest BCUT2D eigenvalue weighted by Crippen LogP contribution is 2.39. The van der Waals surface area contributed by atoms with Crippen molar-refractivity contribution in [1.29, 1.82) is 0 Å². The second-order valence-electron chi connectivity index (χ2n) is 6.50. The van der Waals surface area contributed by atoms with Gasteiger partial charge in [0.2, 0.25) is 11.8 Å². The molecule has 0 bridgehead atoms. The maximum atomic E-state index is 12.3. The number of hydrogen-bond donors (Lipinski definition) is 2. The first kappa shape index (κ1) is 18.7. The summed E-state index contributed by atoms with van der Waals surface area (Å²) in [4.78, 5) is 25.3. The Morgan fingerprint density at radius 3 is 2.79 bits per heavy atom. The van der Waals surface area contributed by atoms with Gasteiger partial charge in [0.05, 0.1) is 11.3 Å². The van der Waals surface area contributed by atoms with Gasteiger partial charge in [-0.1, -0.05) is 29.5 Å². The van der Waals surface area contributed by atoms with Crippen LogP contribution < -0.4 is 11.1 Å². The Morgan fingerprint density at radius 1 is 1.25 bits per heavy atom. The number of nitrogens with zero attached hydrogens (tertiary/aromatic N) is 2. The van der Waals surface area contributed by atoms with Gasteiger partial charge in [0, 0.05) is 10.4 Å². The monoisotopic (exact) mass is 414 g/mol. The average Bonchev–Trinajstić information content (AvgIpc) is 3.36. The molecule has 144 valence electrons. The van der Waals surface area contributed by atoms with Crippen molar-refractivity contribution in [2.45, 2.75) is 31.4 Å². The third-order valence-corrected chi connectivity index (χ3v) is 6.48. The van der Waals surface area contributed by atoms with Crippen LogP contribution in [0.15, 0.2) is 33.9 Å². The number of nitrogens with two attached hydrogens (primary N) is 1. The summed E-state index contributed by atoms with van der Waals surface area (Å²) in [6, 6.07) is 7.75. The normalized spacial score (nSPS) is 12.8. The highest BCUT2D eigenvalue weighted by atomic mass is 32.2. The number of aryl methyl sites for hydroxylation is 2. The molecule has 0 atom stereocenters. The molecule has 1 aliphatic carbocycles. The number of anilines is 1. The summed E-state index contributed by atoms with van der Waals surface area (Å²) in [6.07, 6.45) is 2.78. The van der Waals surface area contributed by atoms with Gasteiger partial charge in [-0.3, -0.25) is 9.59 Å². The van der Waals surface area contributed by atoms with Gasteiger partial charge in [-0.25, -0.2) is 0 Å². The van der Waals surface area contributed by atoms with Crippen molar-refractivity contribution >= 4 is 39.9 Å². The fourth-order valence-electron chi connectivity index (χ4n) is 3.12. The molecule has 0 saturated heterocycles. The van der Waals surface area contributed by atoms with Crippen LogP contribution in [0.25, 0.3) is 11.5 Å². The maximum Gasteiger partial charge on any atom is 0.277 e. The van der Waals surface area contributed by atoms with E-state index >= 15 is 0 Å². The first-order chi connectivity index (χ1) is 13.5. The molecule has 0 radical (unpaired) electrons. The topological polar surface area (TPSA) is 111 Å². The van der Waals surface area contributed by atoms with Crippen molar-refractivity contribution in [1.82, 2.24) is 10.2 Å². The lowest BCUT2D eigenvalue weighted by Gasteiger charge is -2.05. The number of primary amides is 1. The highest BCUT2D eigenvalue weighted by molar-refractivity contribution is 7.99. The number of carbonyl (C=O) groups is 2. The van der Waals surface area contributed by atoms with Gasteiger partial charge in [0.15, 0.2) is 0 Å². The Hall–Kier alpha value is -2.65. The van der Waals surface area contributed by atoms with Gasteiger partial charge >= 0.3 is 0 Å². The summed E-state index contributed by atoms with van der Waals surface area (Å²) in [5, 5.41) is 11.7. The van der Waals surface area contributed by atoms with Crippen LogP contribution in [0.1, 0.15) is 32.8 Å². The molecule has 0 aliphatic heterocycles. The van der Waals surface area contributed by atoms with Crippen LogP contribution in [-0.2, 0) is 17.6 Å². The van der Waals surface area contributed by atoms with Crippen molar-refractivity contribution < 1.29 is 14.0 Å². The van der Waals surface area contributed by atoms with Crippen LogP contribution in [-0.4, -0.2) is 27.8 Å². The fourth-order valence-corrected chi connectivity index (χ4v) is 5.00. The van der Waals surface area contributed by atoms with Gasteiger partial charge in [0.25, 0.3) is 11.1 Å². The molecule has 2 aromatic heterocycles. The molecule has 9 heteroatoms. The number of hydrogen-bond acceptors (Lipinski definition) is 7. The van der Waals surface area contributed by atoms with Crippen molar-refractivity contribution in [3.8, 4) is 11.5 Å². The van der Waals surface area contributed by atoms with Crippen LogP contribution in [0.5, 0.6) is 0 Å². The first-order valence-electron chi connectivity index (χ1n) is 8.79. The summed E-state index contributed by atoms with van der Waals surface area (Å²) >= 11 is 2.58. The minimum absolute atomic E-state index is 0.0936. The van der Waals surface area contributed by atoms with E-state index in [1.54, 1.807) is 0 Å². The largest absolute Gasteiger partial charge is 0.411 e. The molecule has 1 aromatic carbocycles. The minimum atomic E-state index is -0.498. The van der Waals surface area contributed by atoms with Crippen LogP contribution in [0, 0.1) is 6.92 Å². The number of nitrogens with one attached hydrogen (secondary N) is 1.